The van der Waals surface area contributed by atoms with Crippen LogP contribution in [0.5, 0.6) is 5.75 Å². The maximum absolute atomic E-state index is 12.2. The Hall–Kier alpha value is -2.01. The number of benzene rings is 1. The first-order chi connectivity index (χ1) is 10.5. The predicted octanol–water partition coefficient (Wildman–Crippen LogP) is 2.15. The second-order valence-electron chi connectivity index (χ2n) is 5.13. The van der Waals surface area contributed by atoms with E-state index in [1.54, 1.807) is 31.2 Å². The van der Waals surface area contributed by atoms with E-state index in [9.17, 15) is 9.59 Å². The standard InChI is InChI=1S/C16H19ClN2O3/c1-3-6-18-15(20)10(2)19-16(21)12-7-11-8-13(17)4-5-14(11)22-9-12/h4-5,7-8,10H,3,6,9H2,1-2H3,(H,18,20)(H,19,21)/t10-/m0/s1. The third-order valence-corrected chi connectivity index (χ3v) is 3.50. The molecule has 118 valence electrons. The van der Waals surface area contributed by atoms with Crippen LogP contribution in [0.15, 0.2) is 23.8 Å². The van der Waals surface area contributed by atoms with Crippen LogP contribution in [0.1, 0.15) is 25.8 Å². The molecule has 1 aliphatic rings. The lowest BCUT2D eigenvalue weighted by Gasteiger charge is -2.19. The van der Waals surface area contributed by atoms with E-state index in [0.717, 1.165) is 12.0 Å². The molecule has 0 aromatic heterocycles. The monoisotopic (exact) mass is 322 g/mol. The molecule has 0 saturated heterocycles. The number of hydrogen-bond donors (Lipinski definition) is 2. The average Bonchev–Trinajstić information content (AvgIpc) is 2.51. The van der Waals surface area contributed by atoms with E-state index in [1.807, 2.05) is 6.92 Å². The van der Waals surface area contributed by atoms with Crippen molar-refractivity contribution in [1.29, 1.82) is 0 Å². The van der Waals surface area contributed by atoms with Crippen LogP contribution in [0.2, 0.25) is 5.02 Å². The maximum Gasteiger partial charge on any atom is 0.251 e. The second kappa shape index (κ2) is 7.31. The van der Waals surface area contributed by atoms with Gasteiger partial charge in [0.2, 0.25) is 5.91 Å². The van der Waals surface area contributed by atoms with Crippen molar-refractivity contribution in [3.8, 4) is 5.75 Å². The highest BCUT2D eigenvalue weighted by atomic mass is 35.5. The summed E-state index contributed by atoms with van der Waals surface area (Å²) in [7, 11) is 0. The summed E-state index contributed by atoms with van der Waals surface area (Å²) in [6.45, 7) is 4.38. The summed E-state index contributed by atoms with van der Waals surface area (Å²) in [5.41, 5.74) is 1.22. The third kappa shape index (κ3) is 4.01. The SMILES string of the molecule is CCCNC(=O)[C@H](C)NC(=O)C1=Cc2cc(Cl)ccc2OC1. The molecule has 2 N–H and O–H groups in total. The molecule has 0 fully saturated rings. The first-order valence-electron chi connectivity index (χ1n) is 7.22. The summed E-state index contributed by atoms with van der Waals surface area (Å²) >= 11 is 5.94. The van der Waals surface area contributed by atoms with Crippen molar-refractivity contribution in [3.05, 3.63) is 34.4 Å². The van der Waals surface area contributed by atoms with Crippen LogP contribution in [-0.2, 0) is 9.59 Å². The van der Waals surface area contributed by atoms with Gasteiger partial charge in [-0.2, -0.15) is 0 Å². The molecule has 1 aliphatic heterocycles. The molecule has 0 unspecified atom stereocenters. The van der Waals surface area contributed by atoms with E-state index in [2.05, 4.69) is 10.6 Å². The number of carbonyl (C=O) groups excluding carboxylic acids is 2. The number of amides is 2. The first-order valence-corrected chi connectivity index (χ1v) is 7.60. The number of nitrogens with one attached hydrogen (secondary N) is 2. The zero-order valence-corrected chi connectivity index (χ0v) is 13.4. The Morgan fingerprint density at radius 2 is 2.18 bits per heavy atom. The number of hydrogen-bond acceptors (Lipinski definition) is 3. The molecule has 1 aromatic rings. The Kier molecular flexibility index (Phi) is 5.44. The fraction of sp³-hybridized carbons (Fsp3) is 0.375. The fourth-order valence-electron chi connectivity index (χ4n) is 2.04. The Morgan fingerprint density at radius 1 is 1.41 bits per heavy atom. The van der Waals surface area contributed by atoms with Gasteiger partial charge in [0, 0.05) is 17.1 Å². The zero-order chi connectivity index (χ0) is 16.1. The van der Waals surface area contributed by atoms with Gasteiger partial charge in [-0.3, -0.25) is 9.59 Å². The zero-order valence-electron chi connectivity index (χ0n) is 12.6. The molecule has 0 aliphatic carbocycles. The first kappa shape index (κ1) is 16.4. The molecule has 2 amide bonds. The van der Waals surface area contributed by atoms with Gasteiger partial charge in [-0.15, -0.1) is 0 Å². The van der Waals surface area contributed by atoms with Gasteiger partial charge in [0.05, 0.1) is 5.57 Å². The summed E-state index contributed by atoms with van der Waals surface area (Å²) in [4.78, 5) is 24.0. The minimum Gasteiger partial charge on any atom is -0.488 e. The van der Waals surface area contributed by atoms with Crippen LogP contribution in [-0.4, -0.2) is 31.0 Å². The highest BCUT2D eigenvalue weighted by Gasteiger charge is 2.21. The molecule has 1 aromatic carbocycles. The van der Waals surface area contributed by atoms with Gasteiger partial charge >= 0.3 is 0 Å². The van der Waals surface area contributed by atoms with Gasteiger partial charge in [0.25, 0.3) is 5.91 Å². The van der Waals surface area contributed by atoms with E-state index in [-0.39, 0.29) is 18.4 Å². The third-order valence-electron chi connectivity index (χ3n) is 3.27. The molecule has 0 bridgehead atoms. The maximum atomic E-state index is 12.2. The highest BCUT2D eigenvalue weighted by molar-refractivity contribution is 6.30. The number of halogens is 1. The molecule has 0 spiro atoms. The van der Waals surface area contributed by atoms with E-state index in [0.29, 0.717) is 22.9 Å². The van der Waals surface area contributed by atoms with Gasteiger partial charge in [-0.05, 0) is 37.6 Å². The lowest BCUT2D eigenvalue weighted by atomic mass is 10.1. The molecule has 1 atom stereocenters. The molecule has 5 nitrogen and oxygen atoms in total. The Labute approximate surface area is 134 Å². The quantitative estimate of drug-likeness (QED) is 0.873. The number of carbonyl (C=O) groups is 2. The molecule has 1 heterocycles. The van der Waals surface area contributed by atoms with Crippen molar-refractivity contribution in [2.45, 2.75) is 26.3 Å². The van der Waals surface area contributed by atoms with Crippen LogP contribution < -0.4 is 15.4 Å². The lowest BCUT2D eigenvalue weighted by molar-refractivity contribution is -0.127. The van der Waals surface area contributed by atoms with Gasteiger partial charge in [-0.25, -0.2) is 0 Å². The Morgan fingerprint density at radius 3 is 2.91 bits per heavy atom. The summed E-state index contributed by atoms with van der Waals surface area (Å²) in [6, 6.07) is 4.64. The van der Waals surface area contributed by atoms with E-state index in [4.69, 9.17) is 16.3 Å². The number of fused-ring (bicyclic) bond motifs is 1. The summed E-state index contributed by atoms with van der Waals surface area (Å²) in [5.74, 6) is 0.176. The normalized spacial score (nSPS) is 14.2. The van der Waals surface area contributed by atoms with Crippen molar-refractivity contribution in [3.63, 3.8) is 0 Å². The van der Waals surface area contributed by atoms with Gasteiger partial charge in [0.1, 0.15) is 18.4 Å². The molecule has 0 radical (unpaired) electrons. The molecular weight excluding hydrogens is 304 g/mol. The van der Waals surface area contributed by atoms with Crippen molar-refractivity contribution in [1.82, 2.24) is 10.6 Å². The smallest absolute Gasteiger partial charge is 0.251 e. The lowest BCUT2D eigenvalue weighted by Crippen LogP contribution is -2.46. The van der Waals surface area contributed by atoms with Gasteiger partial charge in [-0.1, -0.05) is 18.5 Å². The average molecular weight is 323 g/mol. The topological polar surface area (TPSA) is 67.4 Å². The summed E-state index contributed by atoms with van der Waals surface area (Å²) in [6.07, 6.45) is 2.58. The summed E-state index contributed by atoms with van der Waals surface area (Å²) in [5, 5.41) is 5.99. The minimum absolute atomic E-state index is 0.170. The van der Waals surface area contributed by atoms with Crippen molar-refractivity contribution in [2.75, 3.05) is 13.2 Å². The van der Waals surface area contributed by atoms with Crippen LogP contribution in [0.25, 0.3) is 6.08 Å². The molecule has 22 heavy (non-hydrogen) atoms. The molecular formula is C16H19ClN2O3. The molecule has 6 heteroatoms. The Bertz CT molecular complexity index is 613. The molecule has 2 rings (SSSR count). The molecule has 0 saturated carbocycles. The van der Waals surface area contributed by atoms with Crippen molar-refractivity contribution in [2.24, 2.45) is 0 Å². The van der Waals surface area contributed by atoms with Crippen LogP contribution >= 0.6 is 11.6 Å². The highest BCUT2D eigenvalue weighted by Crippen LogP contribution is 2.28. The van der Waals surface area contributed by atoms with E-state index in [1.165, 1.54) is 0 Å². The number of ether oxygens (including phenoxy) is 1. The van der Waals surface area contributed by atoms with Crippen molar-refractivity contribution < 1.29 is 14.3 Å². The van der Waals surface area contributed by atoms with Crippen LogP contribution in [0, 0.1) is 0 Å². The Balaban J connectivity index is 2.03. The second-order valence-corrected chi connectivity index (χ2v) is 5.56. The van der Waals surface area contributed by atoms with E-state index < -0.39 is 6.04 Å². The van der Waals surface area contributed by atoms with Gasteiger partial charge < -0.3 is 15.4 Å². The fourth-order valence-corrected chi connectivity index (χ4v) is 2.22. The van der Waals surface area contributed by atoms with Crippen LogP contribution in [0.4, 0.5) is 0 Å². The van der Waals surface area contributed by atoms with Gasteiger partial charge in [0.15, 0.2) is 0 Å². The predicted molar refractivity (Wildman–Crippen MR) is 85.8 cm³/mol. The van der Waals surface area contributed by atoms with Crippen LogP contribution in [0.3, 0.4) is 0 Å². The van der Waals surface area contributed by atoms with E-state index >= 15 is 0 Å². The largest absolute Gasteiger partial charge is 0.488 e. The number of rotatable bonds is 5. The summed E-state index contributed by atoms with van der Waals surface area (Å²) < 4.78 is 5.53. The minimum atomic E-state index is -0.597. The van der Waals surface area contributed by atoms with Crippen molar-refractivity contribution >= 4 is 29.5 Å².